The SMILES string of the molecule is C=CC(O)c1cccc(Br)n1. The molecule has 0 amide bonds. The van der Waals surface area contributed by atoms with Crippen molar-refractivity contribution < 1.29 is 5.11 Å². The van der Waals surface area contributed by atoms with Crippen LogP contribution in [-0.4, -0.2) is 10.1 Å². The molecule has 1 rings (SSSR count). The van der Waals surface area contributed by atoms with Gasteiger partial charge in [0.15, 0.2) is 0 Å². The van der Waals surface area contributed by atoms with E-state index < -0.39 is 6.10 Å². The maximum atomic E-state index is 9.25. The standard InChI is InChI=1S/C8H8BrNO/c1-2-7(11)6-4-3-5-8(9)10-6/h2-5,7,11H,1H2. The molecule has 0 spiro atoms. The lowest BCUT2D eigenvalue weighted by molar-refractivity contribution is 0.224. The van der Waals surface area contributed by atoms with Gasteiger partial charge >= 0.3 is 0 Å². The fourth-order valence-corrected chi connectivity index (χ4v) is 1.07. The lowest BCUT2D eigenvalue weighted by Crippen LogP contribution is -1.95. The zero-order valence-electron chi connectivity index (χ0n) is 5.87. The van der Waals surface area contributed by atoms with E-state index in [1.165, 1.54) is 6.08 Å². The van der Waals surface area contributed by atoms with Crippen LogP contribution in [0.15, 0.2) is 35.5 Å². The van der Waals surface area contributed by atoms with Crippen LogP contribution in [0.25, 0.3) is 0 Å². The number of nitrogens with zero attached hydrogens (tertiary/aromatic N) is 1. The first-order chi connectivity index (χ1) is 5.24. The van der Waals surface area contributed by atoms with Crippen molar-refractivity contribution in [2.45, 2.75) is 6.10 Å². The van der Waals surface area contributed by atoms with Crippen LogP contribution in [0, 0.1) is 0 Å². The molecule has 0 saturated carbocycles. The summed E-state index contributed by atoms with van der Waals surface area (Å²) in [4.78, 5) is 4.04. The van der Waals surface area contributed by atoms with Crippen LogP contribution in [0.4, 0.5) is 0 Å². The highest BCUT2D eigenvalue weighted by Crippen LogP contribution is 2.13. The Kier molecular flexibility index (Phi) is 2.79. The molecular weight excluding hydrogens is 206 g/mol. The highest BCUT2D eigenvalue weighted by Gasteiger charge is 2.02. The summed E-state index contributed by atoms with van der Waals surface area (Å²) in [6.07, 6.45) is 0.766. The number of pyridine rings is 1. The van der Waals surface area contributed by atoms with Crippen molar-refractivity contribution in [3.63, 3.8) is 0 Å². The zero-order valence-corrected chi connectivity index (χ0v) is 7.45. The molecule has 0 bridgehead atoms. The van der Waals surface area contributed by atoms with Crippen molar-refractivity contribution >= 4 is 15.9 Å². The molecule has 0 fully saturated rings. The minimum Gasteiger partial charge on any atom is -0.383 e. The van der Waals surface area contributed by atoms with E-state index >= 15 is 0 Å². The van der Waals surface area contributed by atoms with E-state index in [4.69, 9.17) is 0 Å². The predicted octanol–water partition coefficient (Wildman–Crippen LogP) is 2.06. The third kappa shape index (κ3) is 2.13. The second kappa shape index (κ2) is 3.64. The van der Waals surface area contributed by atoms with Gasteiger partial charge in [0, 0.05) is 0 Å². The van der Waals surface area contributed by atoms with E-state index in [2.05, 4.69) is 27.5 Å². The minimum absolute atomic E-state index is 0.606. The van der Waals surface area contributed by atoms with E-state index in [0.29, 0.717) is 5.69 Å². The molecule has 1 heterocycles. The highest BCUT2D eigenvalue weighted by molar-refractivity contribution is 9.10. The van der Waals surface area contributed by atoms with Gasteiger partial charge in [0.25, 0.3) is 0 Å². The van der Waals surface area contributed by atoms with Crippen LogP contribution in [-0.2, 0) is 0 Å². The number of hydrogen-bond acceptors (Lipinski definition) is 2. The minimum atomic E-state index is -0.674. The Hall–Kier alpha value is -0.670. The van der Waals surface area contributed by atoms with Crippen molar-refractivity contribution in [2.75, 3.05) is 0 Å². The number of rotatable bonds is 2. The molecule has 1 atom stereocenters. The first-order valence-electron chi connectivity index (χ1n) is 3.17. The lowest BCUT2D eigenvalue weighted by atomic mass is 10.2. The molecule has 1 N–H and O–H groups in total. The monoisotopic (exact) mass is 213 g/mol. The summed E-state index contributed by atoms with van der Waals surface area (Å²) < 4.78 is 0.718. The smallest absolute Gasteiger partial charge is 0.114 e. The van der Waals surface area contributed by atoms with E-state index in [9.17, 15) is 5.11 Å². The third-order valence-electron chi connectivity index (χ3n) is 1.26. The first kappa shape index (κ1) is 8.43. The van der Waals surface area contributed by atoms with Gasteiger partial charge in [-0.3, -0.25) is 0 Å². The molecule has 11 heavy (non-hydrogen) atoms. The van der Waals surface area contributed by atoms with Crippen molar-refractivity contribution in [3.05, 3.63) is 41.2 Å². The van der Waals surface area contributed by atoms with Crippen molar-refractivity contribution in [1.82, 2.24) is 4.98 Å². The van der Waals surface area contributed by atoms with Crippen LogP contribution in [0.2, 0.25) is 0 Å². The fourth-order valence-electron chi connectivity index (χ4n) is 0.709. The molecule has 1 aromatic rings. The van der Waals surface area contributed by atoms with Crippen LogP contribution < -0.4 is 0 Å². The molecule has 0 saturated heterocycles. The van der Waals surface area contributed by atoms with Crippen LogP contribution in [0.1, 0.15) is 11.8 Å². The van der Waals surface area contributed by atoms with Gasteiger partial charge in [-0.2, -0.15) is 0 Å². The summed E-state index contributed by atoms with van der Waals surface area (Å²) in [5, 5.41) is 9.25. The Labute approximate surface area is 73.7 Å². The van der Waals surface area contributed by atoms with Gasteiger partial charge in [0.2, 0.25) is 0 Å². The van der Waals surface area contributed by atoms with Crippen LogP contribution >= 0.6 is 15.9 Å². The molecule has 1 aromatic heterocycles. The van der Waals surface area contributed by atoms with E-state index in [1.807, 2.05) is 6.07 Å². The number of halogens is 1. The normalized spacial score (nSPS) is 12.5. The zero-order chi connectivity index (χ0) is 8.27. The number of aromatic nitrogens is 1. The largest absolute Gasteiger partial charge is 0.383 e. The van der Waals surface area contributed by atoms with Crippen molar-refractivity contribution in [1.29, 1.82) is 0 Å². The maximum absolute atomic E-state index is 9.25. The maximum Gasteiger partial charge on any atom is 0.114 e. The lowest BCUT2D eigenvalue weighted by Gasteiger charge is -2.03. The highest BCUT2D eigenvalue weighted by atomic mass is 79.9. The average Bonchev–Trinajstić information content (AvgIpc) is 2.03. The fraction of sp³-hybridized carbons (Fsp3) is 0.125. The van der Waals surface area contributed by atoms with Crippen LogP contribution in [0.5, 0.6) is 0 Å². The molecular formula is C8H8BrNO. The second-order valence-electron chi connectivity index (χ2n) is 2.07. The number of aliphatic hydroxyl groups is 1. The van der Waals surface area contributed by atoms with E-state index in [-0.39, 0.29) is 0 Å². The predicted molar refractivity (Wildman–Crippen MR) is 47.1 cm³/mol. The Morgan fingerprint density at radius 2 is 2.36 bits per heavy atom. The summed E-state index contributed by atoms with van der Waals surface area (Å²) in [7, 11) is 0. The molecule has 3 heteroatoms. The van der Waals surface area contributed by atoms with Crippen molar-refractivity contribution in [3.8, 4) is 0 Å². The van der Waals surface area contributed by atoms with E-state index in [1.54, 1.807) is 12.1 Å². The van der Waals surface area contributed by atoms with Gasteiger partial charge in [-0.25, -0.2) is 4.98 Å². The summed E-state index contributed by atoms with van der Waals surface area (Å²) in [5.74, 6) is 0. The van der Waals surface area contributed by atoms with Gasteiger partial charge < -0.3 is 5.11 Å². The molecule has 1 unspecified atom stereocenters. The van der Waals surface area contributed by atoms with E-state index in [0.717, 1.165) is 4.60 Å². The number of aliphatic hydroxyl groups excluding tert-OH is 1. The first-order valence-corrected chi connectivity index (χ1v) is 3.96. The molecule has 0 aromatic carbocycles. The van der Waals surface area contributed by atoms with Crippen LogP contribution in [0.3, 0.4) is 0 Å². The van der Waals surface area contributed by atoms with Gasteiger partial charge in [0.05, 0.1) is 5.69 Å². The molecule has 58 valence electrons. The Balaban J connectivity index is 2.95. The van der Waals surface area contributed by atoms with Gasteiger partial charge in [0.1, 0.15) is 10.7 Å². The topological polar surface area (TPSA) is 33.1 Å². The number of hydrogen-bond donors (Lipinski definition) is 1. The molecule has 0 aliphatic heterocycles. The Morgan fingerprint density at radius 3 is 2.91 bits per heavy atom. The van der Waals surface area contributed by atoms with Crippen molar-refractivity contribution in [2.24, 2.45) is 0 Å². The third-order valence-corrected chi connectivity index (χ3v) is 1.70. The molecule has 2 nitrogen and oxygen atoms in total. The average molecular weight is 214 g/mol. The molecule has 0 aliphatic rings. The Bertz CT molecular complexity index is 262. The molecule has 0 aliphatic carbocycles. The van der Waals surface area contributed by atoms with Gasteiger partial charge in [-0.05, 0) is 28.1 Å². The summed E-state index contributed by atoms with van der Waals surface area (Å²) in [5.41, 5.74) is 0.606. The molecule has 0 radical (unpaired) electrons. The van der Waals surface area contributed by atoms with Gasteiger partial charge in [-0.15, -0.1) is 6.58 Å². The summed E-state index contributed by atoms with van der Waals surface area (Å²) >= 11 is 3.20. The Morgan fingerprint density at radius 1 is 1.64 bits per heavy atom. The second-order valence-corrected chi connectivity index (χ2v) is 2.88. The van der Waals surface area contributed by atoms with Gasteiger partial charge in [-0.1, -0.05) is 12.1 Å². The quantitative estimate of drug-likeness (QED) is 0.603. The summed E-state index contributed by atoms with van der Waals surface area (Å²) in [6.45, 7) is 3.46. The summed E-state index contributed by atoms with van der Waals surface area (Å²) in [6, 6.07) is 5.37.